The molecule has 0 unspecified atom stereocenters. The molecular formula is C28H48. The highest BCUT2D eigenvalue weighted by Gasteiger charge is 2.63. The molecule has 0 aromatic rings. The molecule has 0 radical (unpaired) electrons. The van der Waals surface area contributed by atoms with Crippen LogP contribution < -0.4 is 0 Å². The van der Waals surface area contributed by atoms with Crippen LogP contribution in [0.2, 0.25) is 0 Å². The lowest BCUT2D eigenvalue weighted by molar-refractivity contribution is -0.116. The highest BCUT2D eigenvalue weighted by molar-refractivity contribution is 5.12. The van der Waals surface area contributed by atoms with Gasteiger partial charge in [0.2, 0.25) is 0 Å². The van der Waals surface area contributed by atoms with Crippen LogP contribution in [-0.2, 0) is 0 Å². The molecule has 5 saturated carbocycles. The summed E-state index contributed by atoms with van der Waals surface area (Å²) >= 11 is 0. The van der Waals surface area contributed by atoms with E-state index in [-0.39, 0.29) is 0 Å². The fourth-order valence-electron chi connectivity index (χ4n) is 10.0. The van der Waals surface area contributed by atoms with Crippen molar-refractivity contribution in [2.75, 3.05) is 0 Å². The molecule has 0 amide bonds. The number of hydrogen-bond acceptors (Lipinski definition) is 0. The van der Waals surface area contributed by atoms with Crippen molar-refractivity contribution in [3.63, 3.8) is 0 Å². The van der Waals surface area contributed by atoms with Gasteiger partial charge in [-0.3, -0.25) is 0 Å². The predicted octanol–water partition coefficient (Wildman–Crippen LogP) is 8.35. The zero-order valence-corrected chi connectivity index (χ0v) is 19.7. The summed E-state index contributed by atoms with van der Waals surface area (Å²) < 4.78 is 0. The van der Waals surface area contributed by atoms with Crippen molar-refractivity contribution in [2.45, 2.75) is 112 Å². The van der Waals surface area contributed by atoms with Crippen LogP contribution in [0.5, 0.6) is 0 Å². The first-order valence-corrected chi connectivity index (χ1v) is 13.3. The van der Waals surface area contributed by atoms with Gasteiger partial charge in [-0.15, -0.1) is 0 Å². The first-order chi connectivity index (χ1) is 13.3. The van der Waals surface area contributed by atoms with E-state index < -0.39 is 0 Å². The van der Waals surface area contributed by atoms with Crippen molar-refractivity contribution in [3.8, 4) is 0 Å². The summed E-state index contributed by atoms with van der Waals surface area (Å²) in [7, 11) is 0. The second kappa shape index (κ2) is 7.02. The highest BCUT2D eigenvalue weighted by Crippen LogP contribution is 2.71. The van der Waals surface area contributed by atoms with Gasteiger partial charge in [0.25, 0.3) is 0 Å². The Morgan fingerprint density at radius 1 is 0.786 bits per heavy atom. The molecule has 0 heteroatoms. The van der Waals surface area contributed by atoms with Gasteiger partial charge in [-0.05, 0) is 122 Å². The first kappa shape index (κ1) is 19.9. The molecule has 0 bridgehead atoms. The Morgan fingerprint density at radius 2 is 1.57 bits per heavy atom. The SMILES string of the molecule is CC(C)CCC[C@@H](C)[C@H]1CC[C@H]2[C@@H]3CC[C@@H]4C[C@H]5C[C@H]5C[C@]4(C)[C@H]3CC[C@]12C. The molecule has 5 fully saturated rings. The molecule has 10 atom stereocenters. The molecule has 0 aromatic heterocycles. The molecule has 160 valence electrons. The summed E-state index contributed by atoms with van der Waals surface area (Å²) in [6.07, 6.45) is 18.7. The van der Waals surface area contributed by atoms with Crippen LogP contribution in [0.15, 0.2) is 0 Å². The Kier molecular flexibility index (Phi) is 5.00. The van der Waals surface area contributed by atoms with Gasteiger partial charge in [0.05, 0.1) is 0 Å². The monoisotopic (exact) mass is 384 g/mol. The fourth-order valence-corrected chi connectivity index (χ4v) is 10.0. The second-order valence-corrected chi connectivity index (χ2v) is 13.4. The normalized spacial score (nSPS) is 53.1. The molecule has 5 rings (SSSR count). The summed E-state index contributed by atoms with van der Waals surface area (Å²) in [5, 5.41) is 0. The van der Waals surface area contributed by atoms with Gasteiger partial charge >= 0.3 is 0 Å². The van der Waals surface area contributed by atoms with Crippen LogP contribution in [0.25, 0.3) is 0 Å². The molecule has 0 aromatic carbocycles. The summed E-state index contributed by atoms with van der Waals surface area (Å²) in [4.78, 5) is 0. The fraction of sp³-hybridized carbons (Fsp3) is 1.00. The van der Waals surface area contributed by atoms with Gasteiger partial charge in [-0.25, -0.2) is 0 Å². The Labute approximate surface area is 176 Å². The number of hydrogen-bond donors (Lipinski definition) is 0. The van der Waals surface area contributed by atoms with Crippen molar-refractivity contribution < 1.29 is 0 Å². The smallest absolute Gasteiger partial charge is 0.0264 e. The third kappa shape index (κ3) is 3.05. The largest absolute Gasteiger partial charge is 0.0628 e. The molecular weight excluding hydrogens is 336 g/mol. The van der Waals surface area contributed by atoms with Crippen molar-refractivity contribution in [2.24, 2.45) is 64.1 Å². The summed E-state index contributed by atoms with van der Waals surface area (Å²) in [5.41, 5.74) is 1.40. The van der Waals surface area contributed by atoms with Crippen molar-refractivity contribution >= 4 is 0 Å². The summed E-state index contributed by atoms with van der Waals surface area (Å²) in [6, 6.07) is 0. The van der Waals surface area contributed by atoms with Crippen LogP contribution in [-0.4, -0.2) is 0 Å². The van der Waals surface area contributed by atoms with Gasteiger partial charge in [-0.1, -0.05) is 53.9 Å². The molecule has 0 aliphatic heterocycles. The molecule has 0 spiro atoms. The van der Waals surface area contributed by atoms with Crippen LogP contribution in [0, 0.1) is 64.1 Å². The maximum Gasteiger partial charge on any atom is -0.0264 e. The van der Waals surface area contributed by atoms with E-state index in [0.29, 0.717) is 5.41 Å². The van der Waals surface area contributed by atoms with Gasteiger partial charge in [0, 0.05) is 0 Å². The zero-order valence-electron chi connectivity index (χ0n) is 19.7. The quantitative estimate of drug-likeness (QED) is 0.446. The molecule has 0 N–H and O–H groups in total. The van der Waals surface area contributed by atoms with E-state index in [1.807, 2.05) is 0 Å². The van der Waals surface area contributed by atoms with Crippen molar-refractivity contribution in [3.05, 3.63) is 0 Å². The number of fused-ring (bicyclic) bond motifs is 6. The Morgan fingerprint density at radius 3 is 2.36 bits per heavy atom. The van der Waals surface area contributed by atoms with E-state index in [4.69, 9.17) is 0 Å². The lowest BCUT2D eigenvalue weighted by Gasteiger charge is -2.60. The van der Waals surface area contributed by atoms with E-state index in [9.17, 15) is 0 Å². The minimum Gasteiger partial charge on any atom is -0.0628 e. The predicted molar refractivity (Wildman–Crippen MR) is 120 cm³/mol. The van der Waals surface area contributed by atoms with Crippen LogP contribution in [0.4, 0.5) is 0 Å². The molecule has 0 heterocycles. The van der Waals surface area contributed by atoms with Gasteiger partial charge in [0.1, 0.15) is 0 Å². The maximum atomic E-state index is 2.77. The lowest BCUT2D eigenvalue weighted by atomic mass is 9.44. The Bertz CT molecular complexity index is 577. The summed E-state index contributed by atoms with van der Waals surface area (Å²) in [5.74, 6) is 9.50. The van der Waals surface area contributed by atoms with Crippen molar-refractivity contribution in [1.82, 2.24) is 0 Å². The summed E-state index contributed by atoms with van der Waals surface area (Å²) in [6.45, 7) is 12.9. The van der Waals surface area contributed by atoms with Crippen molar-refractivity contribution in [1.29, 1.82) is 0 Å². The average molecular weight is 385 g/mol. The van der Waals surface area contributed by atoms with Crippen LogP contribution >= 0.6 is 0 Å². The Hall–Kier alpha value is 0. The zero-order chi connectivity index (χ0) is 19.7. The van der Waals surface area contributed by atoms with E-state index >= 15 is 0 Å². The topological polar surface area (TPSA) is 0 Å². The molecule has 0 nitrogen and oxygen atoms in total. The highest BCUT2D eigenvalue weighted by atomic mass is 14.7. The minimum atomic E-state index is 0.679. The van der Waals surface area contributed by atoms with Gasteiger partial charge < -0.3 is 0 Å². The van der Waals surface area contributed by atoms with Gasteiger partial charge in [0.15, 0.2) is 0 Å². The van der Waals surface area contributed by atoms with Gasteiger partial charge in [-0.2, -0.15) is 0 Å². The third-order valence-electron chi connectivity index (χ3n) is 11.6. The maximum absolute atomic E-state index is 2.77. The first-order valence-electron chi connectivity index (χ1n) is 13.3. The molecule has 5 aliphatic carbocycles. The average Bonchev–Trinajstić information content (AvgIpc) is 3.27. The van der Waals surface area contributed by atoms with E-state index in [1.54, 1.807) is 57.8 Å². The standard InChI is InChI=1S/C28H48/c1-18(2)7-6-8-19(3)24-11-12-25-23-10-9-22-16-20-15-21(20)17-28(22,5)26(23)13-14-27(24,25)4/h18-26H,6-17H2,1-5H3/t19-,20-,21+,22-,23+,24-,25+,26+,27-,28+/m1/s1. The second-order valence-electron chi connectivity index (χ2n) is 13.4. The van der Waals surface area contributed by atoms with E-state index in [0.717, 1.165) is 58.7 Å². The van der Waals surface area contributed by atoms with E-state index in [2.05, 4.69) is 34.6 Å². The molecule has 5 aliphatic rings. The lowest BCUT2D eigenvalue weighted by Crippen LogP contribution is -2.53. The third-order valence-corrected chi connectivity index (χ3v) is 11.6. The number of rotatable bonds is 5. The van der Waals surface area contributed by atoms with Crippen LogP contribution in [0.1, 0.15) is 112 Å². The van der Waals surface area contributed by atoms with E-state index in [1.165, 1.54) is 19.3 Å². The molecule has 28 heavy (non-hydrogen) atoms. The minimum absolute atomic E-state index is 0.679. The molecule has 0 saturated heterocycles. The Balaban J connectivity index is 1.30. The van der Waals surface area contributed by atoms with Crippen LogP contribution in [0.3, 0.4) is 0 Å².